The van der Waals surface area contributed by atoms with Gasteiger partial charge in [0.15, 0.2) is 15.8 Å². The topological polar surface area (TPSA) is 79.8 Å². The highest BCUT2D eigenvalue weighted by molar-refractivity contribution is 14.0. The summed E-state index contributed by atoms with van der Waals surface area (Å²) in [4.78, 5) is 4.94. The van der Waals surface area contributed by atoms with Gasteiger partial charge < -0.3 is 15.4 Å². The van der Waals surface area contributed by atoms with Crippen LogP contribution in [0.1, 0.15) is 51.0 Å². The van der Waals surface area contributed by atoms with E-state index in [4.69, 9.17) is 4.74 Å². The van der Waals surface area contributed by atoms with E-state index in [1.54, 1.807) is 12.1 Å². The van der Waals surface area contributed by atoms with Gasteiger partial charge in [-0.05, 0) is 43.9 Å². The lowest BCUT2D eigenvalue weighted by molar-refractivity contribution is 0.0487. The van der Waals surface area contributed by atoms with Crippen LogP contribution in [-0.4, -0.2) is 53.0 Å². The van der Waals surface area contributed by atoms with Gasteiger partial charge in [0.2, 0.25) is 0 Å². The third-order valence-electron chi connectivity index (χ3n) is 4.92. The summed E-state index contributed by atoms with van der Waals surface area (Å²) in [5.41, 5.74) is 1.09. The van der Waals surface area contributed by atoms with Gasteiger partial charge in [0, 0.05) is 19.3 Å². The van der Waals surface area contributed by atoms with E-state index in [9.17, 15) is 8.42 Å². The molecule has 0 radical (unpaired) electrons. The number of rotatable bonds is 9. The number of guanidine groups is 1. The number of aliphatic imine (C=N–C) groups is 1. The minimum Gasteiger partial charge on any atom is -0.376 e. The van der Waals surface area contributed by atoms with E-state index in [2.05, 4.69) is 15.6 Å². The first-order valence-electron chi connectivity index (χ1n) is 10.4. The molecule has 0 atom stereocenters. The fourth-order valence-corrected chi connectivity index (χ4v) is 3.99. The second-order valence-electron chi connectivity index (χ2n) is 7.34. The Hall–Kier alpha value is -0.870. The molecule has 166 valence electrons. The van der Waals surface area contributed by atoms with Crippen LogP contribution in [0.25, 0.3) is 0 Å². The first kappa shape index (κ1) is 26.2. The normalized spacial score (nSPS) is 16.0. The van der Waals surface area contributed by atoms with Gasteiger partial charge in [-0.15, -0.1) is 24.0 Å². The van der Waals surface area contributed by atoms with E-state index < -0.39 is 9.84 Å². The highest BCUT2D eigenvalue weighted by atomic mass is 127. The molecule has 2 N–H and O–H groups in total. The van der Waals surface area contributed by atoms with Crippen LogP contribution in [0.15, 0.2) is 34.2 Å². The quantitative estimate of drug-likeness (QED) is 0.166. The molecule has 1 aliphatic carbocycles. The SMILES string of the molecule is CCNC(=NCCOC1CCCCCC1)NCCc1ccc(S(C)(=O)=O)cc1.I. The Bertz CT molecular complexity index is 700. The summed E-state index contributed by atoms with van der Waals surface area (Å²) in [6.45, 7) is 4.89. The van der Waals surface area contributed by atoms with Crippen molar-refractivity contribution in [3.8, 4) is 0 Å². The van der Waals surface area contributed by atoms with Crippen LogP contribution in [0.4, 0.5) is 0 Å². The van der Waals surface area contributed by atoms with E-state index >= 15 is 0 Å². The highest BCUT2D eigenvalue weighted by Crippen LogP contribution is 2.19. The van der Waals surface area contributed by atoms with Gasteiger partial charge in [0.1, 0.15) is 0 Å². The average Bonchev–Trinajstić information content (AvgIpc) is 2.94. The number of hydrogen-bond donors (Lipinski definition) is 2. The summed E-state index contributed by atoms with van der Waals surface area (Å²) in [6, 6.07) is 7.05. The van der Waals surface area contributed by atoms with Crippen LogP contribution in [0.3, 0.4) is 0 Å². The maximum absolute atomic E-state index is 11.5. The molecule has 0 saturated heterocycles. The molecule has 0 aromatic heterocycles. The Labute approximate surface area is 193 Å². The fourth-order valence-electron chi connectivity index (χ4n) is 3.36. The van der Waals surface area contributed by atoms with Crippen molar-refractivity contribution in [3.05, 3.63) is 29.8 Å². The third kappa shape index (κ3) is 10.6. The molecular weight excluding hydrogens is 501 g/mol. The molecule has 6 nitrogen and oxygen atoms in total. The Morgan fingerprint density at radius 1 is 1.10 bits per heavy atom. The molecule has 0 aliphatic heterocycles. The molecule has 1 saturated carbocycles. The molecule has 0 bridgehead atoms. The minimum atomic E-state index is -3.14. The van der Waals surface area contributed by atoms with Crippen molar-refractivity contribution in [2.24, 2.45) is 4.99 Å². The van der Waals surface area contributed by atoms with E-state index in [-0.39, 0.29) is 24.0 Å². The number of sulfone groups is 1. The molecule has 0 spiro atoms. The lowest BCUT2D eigenvalue weighted by Gasteiger charge is -2.15. The zero-order valence-corrected chi connectivity index (χ0v) is 20.8. The predicted molar refractivity (Wildman–Crippen MR) is 130 cm³/mol. The van der Waals surface area contributed by atoms with Gasteiger partial charge in [0.05, 0.1) is 24.2 Å². The first-order chi connectivity index (χ1) is 13.5. The van der Waals surface area contributed by atoms with Crippen LogP contribution < -0.4 is 10.6 Å². The molecule has 2 rings (SSSR count). The van der Waals surface area contributed by atoms with Crippen LogP contribution >= 0.6 is 24.0 Å². The van der Waals surface area contributed by atoms with E-state index in [1.165, 1.54) is 44.8 Å². The van der Waals surface area contributed by atoms with Gasteiger partial charge in [-0.1, -0.05) is 37.8 Å². The number of halogens is 1. The molecule has 1 aliphatic rings. The summed E-state index contributed by atoms with van der Waals surface area (Å²) >= 11 is 0. The molecule has 0 unspecified atom stereocenters. The standard InChI is InChI=1S/C21H35N3O3S.HI/c1-3-22-21(24-16-17-27-19-8-6-4-5-7-9-19)23-15-14-18-10-12-20(13-11-18)28(2,25)26;/h10-13,19H,3-9,14-17H2,1-2H3,(H2,22,23,24);1H. The molecule has 1 aromatic rings. The zero-order valence-electron chi connectivity index (χ0n) is 17.7. The van der Waals surface area contributed by atoms with E-state index in [0.717, 1.165) is 31.0 Å². The van der Waals surface area contributed by atoms with E-state index in [0.29, 0.717) is 24.2 Å². The molecule has 29 heavy (non-hydrogen) atoms. The van der Waals surface area contributed by atoms with Gasteiger partial charge in [-0.3, -0.25) is 4.99 Å². The average molecular weight is 538 g/mol. The maximum Gasteiger partial charge on any atom is 0.191 e. The monoisotopic (exact) mass is 537 g/mol. The number of benzene rings is 1. The summed E-state index contributed by atoms with van der Waals surface area (Å²) in [7, 11) is -3.14. The van der Waals surface area contributed by atoms with Gasteiger partial charge in [0.25, 0.3) is 0 Å². The fraction of sp³-hybridized carbons (Fsp3) is 0.667. The Morgan fingerprint density at radius 2 is 1.76 bits per heavy atom. The molecule has 1 fully saturated rings. The summed E-state index contributed by atoms with van der Waals surface area (Å²) in [5.74, 6) is 0.791. The lowest BCUT2D eigenvalue weighted by atomic mass is 10.1. The second kappa shape index (κ2) is 14.2. The van der Waals surface area contributed by atoms with Crippen LogP contribution in [0.5, 0.6) is 0 Å². The zero-order chi connectivity index (χ0) is 20.2. The van der Waals surface area contributed by atoms with Gasteiger partial charge in [-0.2, -0.15) is 0 Å². The van der Waals surface area contributed by atoms with Crippen molar-refractivity contribution in [1.82, 2.24) is 10.6 Å². The van der Waals surface area contributed by atoms with Crippen molar-refractivity contribution in [1.29, 1.82) is 0 Å². The van der Waals surface area contributed by atoms with Crippen molar-refractivity contribution < 1.29 is 13.2 Å². The van der Waals surface area contributed by atoms with Crippen LogP contribution in [-0.2, 0) is 21.0 Å². The number of nitrogens with one attached hydrogen (secondary N) is 2. The largest absolute Gasteiger partial charge is 0.376 e. The van der Waals surface area contributed by atoms with Gasteiger partial charge in [-0.25, -0.2) is 8.42 Å². The molecule has 1 aromatic carbocycles. The summed E-state index contributed by atoms with van der Waals surface area (Å²) in [5, 5.41) is 6.58. The number of ether oxygens (including phenoxy) is 1. The minimum absolute atomic E-state index is 0. The number of hydrogen-bond acceptors (Lipinski definition) is 4. The molecule has 0 heterocycles. The third-order valence-corrected chi connectivity index (χ3v) is 6.05. The Kier molecular flexibility index (Phi) is 12.8. The Morgan fingerprint density at radius 3 is 2.34 bits per heavy atom. The first-order valence-corrected chi connectivity index (χ1v) is 12.3. The smallest absolute Gasteiger partial charge is 0.191 e. The van der Waals surface area contributed by atoms with Crippen molar-refractivity contribution in [2.75, 3.05) is 32.5 Å². The van der Waals surface area contributed by atoms with E-state index in [1.807, 2.05) is 19.1 Å². The summed E-state index contributed by atoms with van der Waals surface area (Å²) in [6.07, 6.45) is 10.0. The predicted octanol–water partition coefficient (Wildman–Crippen LogP) is 3.55. The maximum atomic E-state index is 11.5. The lowest BCUT2D eigenvalue weighted by Crippen LogP contribution is -2.38. The van der Waals surface area contributed by atoms with Crippen LogP contribution in [0.2, 0.25) is 0 Å². The highest BCUT2D eigenvalue weighted by Gasteiger charge is 2.12. The summed E-state index contributed by atoms with van der Waals surface area (Å²) < 4.78 is 29.0. The molecule has 8 heteroatoms. The van der Waals surface area contributed by atoms with Crippen molar-refractivity contribution >= 4 is 39.8 Å². The molecule has 0 amide bonds. The van der Waals surface area contributed by atoms with Crippen molar-refractivity contribution in [2.45, 2.75) is 62.9 Å². The van der Waals surface area contributed by atoms with Crippen molar-refractivity contribution in [3.63, 3.8) is 0 Å². The second-order valence-corrected chi connectivity index (χ2v) is 9.35. The number of nitrogens with zero attached hydrogens (tertiary/aromatic N) is 1. The Balaban J connectivity index is 0.00000420. The molecular formula is C21H36IN3O3S. The van der Waals surface area contributed by atoms with Gasteiger partial charge >= 0.3 is 0 Å². The van der Waals surface area contributed by atoms with Crippen LogP contribution in [0, 0.1) is 0 Å².